The van der Waals surface area contributed by atoms with Crippen molar-refractivity contribution in [3.05, 3.63) is 35.6 Å². The molecule has 0 aromatic heterocycles. The predicted molar refractivity (Wildman–Crippen MR) is 65.8 cm³/mol. The standard InChI is InChI=1S/C13H21FN2/c1-3-11(8-15-2)9-16-10-12-4-6-13(14)7-5-12/h4-7,11,15-16H,3,8-10H2,1-2H3. The molecule has 16 heavy (non-hydrogen) atoms. The molecule has 0 bridgehead atoms. The molecule has 3 heteroatoms. The molecular formula is C13H21FN2. The van der Waals surface area contributed by atoms with Crippen molar-refractivity contribution in [2.24, 2.45) is 5.92 Å². The molecule has 1 atom stereocenters. The fourth-order valence-corrected chi connectivity index (χ4v) is 1.67. The third-order valence-electron chi connectivity index (χ3n) is 2.75. The van der Waals surface area contributed by atoms with Crippen LogP contribution in [0.25, 0.3) is 0 Å². The lowest BCUT2D eigenvalue weighted by Gasteiger charge is -2.15. The van der Waals surface area contributed by atoms with Crippen LogP contribution < -0.4 is 10.6 Å². The number of hydrogen-bond acceptors (Lipinski definition) is 2. The summed E-state index contributed by atoms with van der Waals surface area (Å²) in [6.07, 6.45) is 1.16. The summed E-state index contributed by atoms with van der Waals surface area (Å²) >= 11 is 0. The highest BCUT2D eigenvalue weighted by molar-refractivity contribution is 5.15. The Balaban J connectivity index is 2.26. The maximum atomic E-state index is 12.7. The fourth-order valence-electron chi connectivity index (χ4n) is 1.67. The van der Waals surface area contributed by atoms with Gasteiger partial charge in [-0.15, -0.1) is 0 Å². The molecule has 1 aromatic rings. The van der Waals surface area contributed by atoms with Gasteiger partial charge in [-0.1, -0.05) is 25.5 Å². The molecule has 0 aliphatic carbocycles. The maximum absolute atomic E-state index is 12.7. The Morgan fingerprint density at radius 1 is 1.19 bits per heavy atom. The van der Waals surface area contributed by atoms with Gasteiger partial charge < -0.3 is 10.6 Å². The van der Waals surface area contributed by atoms with E-state index in [0.717, 1.165) is 31.6 Å². The van der Waals surface area contributed by atoms with Gasteiger partial charge in [-0.25, -0.2) is 4.39 Å². The molecule has 0 amide bonds. The van der Waals surface area contributed by atoms with E-state index >= 15 is 0 Å². The summed E-state index contributed by atoms with van der Waals surface area (Å²) in [5.41, 5.74) is 1.13. The molecule has 0 aliphatic rings. The average molecular weight is 224 g/mol. The van der Waals surface area contributed by atoms with Crippen LogP contribution in [0.5, 0.6) is 0 Å². The number of rotatable bonds is 7. The molecule has 0 fully saturated rings. The number of halogens is 1. The highest BCUT2D eigenvalue weighted by Crippen LogP contribution is 2.03. The highest BCUT2D eigenvalue weighted by atomic mass is 19.1. The first-order valence-corrected chi connectivity index (χ1v) is 5.86. The molecule has 0 saturated carbocycles. The van der Waals surface area contributed by atoms with Crippen LogP contribution in [-0.4, -0.2) is 20.1 Å². The summed E-state index contributed by atoms with van der Waals surface area (Å²) in [5.74, 6) is 0.482. The van der Waals surface area contributed by atoms with E-state index in [-0.39, 0.29) is 5.82 Å². The van der Waals surface area contributed by atoms with Crippen molar-refractivity contribution >= 4 is 0 Å². The summed E-state index contributed by atoms with van der Waals surface area (Å²) < 4.78 is 12.7. The summed E-state index contributed by atoms with van der Waals surface area (Å²) in [7, 11) is 1.97. The van der Waals surface area contributed by atoms with Gasteiger partial charge in [-0.3, -0.25) is 0 Å². The first-order chi connectivity index (χ1) is 7.76. The molecule has 0 radical (unpaired) electrons. The van der Waals surface area contributed by atoms with Crippen LogP contribution in [-0.2, 0) is 6.54 Å². The summed E-state index contributed by atoms with van der Waals surface area (Å²) in [6.45, 7) is 5.03. The van der Waals surface area contributed by atoms with Crippen LogP contribution in [0.2, 0.25) is 0 Å². The van der Waals surface area contributed by atoms with Gasteiger partial charge in [0, 0.05) is 6.54 Å². The van der Waals surface area contributed by atoms with E-state index in [9.17, 15) is 4.39 Å². The topological polar surface area (TPSA) is 24.1 Å². The SMILES string of the molecule is CCC(CNC)CNCc1ccc(F)cc1. The smallest absolute Gasteiger partial charge is 0.123 e. The Morgan fingerprint density at radius 2 is 1.88 bits per heavy atom. The predicted octanol–water partition coefficient (Wildman–Crippen LogP) is 2.16. The summed E-state index contributed by atoms with van der Waals surface area (Å²) in [6, 6.07) is 6.65. The lowest BCUT2D eigenvalue weighted by Crippen LogP contribution is -2.29. The molecule has 2 N–H and O–H groups in total. The third-order valence-corrected chi connectivity index (χ3v) is 2.75. The average Bonchev–Trinajstić information content (AvgIpc) is 2.30. The Kier molecular flexibility index (Phi) is 6.04. The minimum absolute atomic E-state index is 0.176. The number of hydrogen-bond donors (Lipinski definition) is 2. The van der Waals surface area contributed by atoms with Crippen molar-refractivity contribution in [2.75, 3.05) is 20.1 Å². The molecule has 90 valence electrons. The number of nitrogens with one attached hydrogen (secondary N) is 2. The van der Waals surface area contributed by atoms with Crippen molar-refractivity contribution in [3.8, 4) is 0 Å². The Morgan fingerprint density at radius 3 is 2.44 bits per heavy atom. The van der Waals surface area contributed by atoms with Crippen LogP contribution in [0.1, 0.15) is 18.9 Å². The quantitative estimate of drug-likeness (QED) is 0.741. The Bertz CT molecular complexity index is 284. The molecule has 1 rings (SSSR count). The van der Waals surface area contributed by atoms with Crippen LogP contribution in [0.15, 0.2) is 24.3 Å². The zero-order valence-electron chi connectivity index (χ0n) is 10.1. The first-order valence-electron chi connectivity index (χ1n) is 5.86. The van der Waals surface area contributed by atoms with Crippen LogP contribution >= 0.6 is 0 Å². The lowest BCUT2D eigenvalue weighted by atomic mass is 10.1. The first kappa shape index (κ1) is 13.1. The van der Waals surface area contributed by atoms with Gasteiger partial charge in [0.25, 0.3) is 0 Å². The van der Waals surface area contributed by atoms with E-state index in [0.29, 0.717) is 5.92 Å². The molecule has 2 nitrogen and oxygen atoms in total. The van der Waals surface area contributed by atoms with Crippen molar-refractivity contribution in [1.82, 2.24) is 10.6 Å². The minimum atomic E-state index is -0.176. The molecule has 1 aromatic carbocycles. The Hall–Kier alpha value is -0.930. The highest BCUT2D eigenvalue weighted by Gasteiger charge is 2.03. The molecule has 0 aliphatic heterocycles. The fraction of sp³-hybridized carbons (Fsp3) is 0.538. The van der Waals surface area contributed by atoms with E-state index < -0.39 is 0 Å². The van der Waals surface area contributed by atoms with Crippen molar-refractivity contribution in [3.63, 3.8) is 0 Å². The van der Waals surface area contributed by atoms with E-state index in [1.165, 1.54) is 12.1 Å². The van der Waals surface area contributed by atoms with E-state index in [1.807, 2.05) is 19.2 Å². The molecule has 0 spiro atoms. The van der Waals surface area contributed by atoms with E-state index in [1.54, 1.807) is 0 Å². The van der Waals surface area contributed by atoms with Gasteiger partial charge in [-0.05, 0) is 43.8 Å². The Labute approximate surface area is 97.3 Å². The zero-order valence-corrected chi connectivity index (χ0v) is 10.1. The number of benzene rings is 1. The lowest BCUT2D eigenvalue weighted by molar-refractivity contribution is 0.444. The van der Waals surface area contributed by atoms with E-state index in [2.05, 4.69) is 17.6 Å². The van der Waals surface area contributed by atoms with Gasteiger partial charge in [-0.2, -0.15) is 0 Å². The van der Waals surface area contributed by atoms with Crippen molar-refractivity contribution in [2.45, 2.75) is 19.9 Å². The van der Waals surface area contributed by atoms with Crippen molar-refractivity contribution in [1.29, 1.82) is 0 Å². The molecule has 0 saturated heterocycles. The summed E-state index contributed by atoms with van der Waals surface area (Å²) in [4.78, 5) is 0. The normalized spacial score (nSPS) is 12.7. The summed E-state index contributed by atoms with van der Waals surface area (Å²) in [5, 5.41) is 6.58. The van der Waals surface area contributed by atoms with Gasteiger partial charge in [0.05, 0.1) is 0 Å². The van der Waals surface area contributed by atoms with Gasteiger partial charge in [0.1, 0.15) is 5.82 Å². The zero-order chi connectivity index (χ0) is 11.8. The maximum Gasteiger partial charge on any atom is 0.123 e. The van der Waals surface area contributed by atoms with Crippen LogP contribution in [0.4, 0.5) is 4.39 Å². The molecular weight excluding hydrogens is 203 g/mol. The molecule has 1 unspecified atom stereocenters. The molecule has 0 heterocycles. The second-order valence-electron chi connectivity index (χ2n) is 4.09. The van der Waals surface area contributed by atoms with Gasteiger partial charge in [0.15, 0.2) is 0 Å². The van der Waals surface area contributed by atoms with Crippen LogP contribution in [0, 0.1) is 11.7 Å². The monoisotopic (exact) mass is 224 g/mol. The minimum Gasteiger partial charge on any atom is -0.319 e. The van der Waals surface area contributed by atoms with Gasteiger partial charge in [0.2, 0.25) is 0 Å². The van der Waals surface area contributed by atoms with Gasteiger partial charge >= 0.3 is 0 Å². The van der Waals surface area contributed by atoms with E-state index in [4.69, 9.17) is 0 Å². The second kappa shape index (κ2) is 7.36. The van der Waals surface area contributed by atoms with Crippen LogP contribution in [0.3, 0.4) is 0 Å². The van der Waals surface area contributed by atoms with Crippen molar-refractivity contribution < 1.29 is 4.39 Å². The third kappa shape index (κ3) is 4.73. The largest absolute Gasteiger partial charge is 0.319 e. The second-order valence-corrected chi connectivity index (χ2v) is 4.09.